The van der Waals surface area contributed by atoms with Crippen LogP contribution in [0.15, 0.2) is 12.2 Å². The fourth-order valence-corrected chi connectivity index (χ4v) is 0.349. The number of nitrogens with zero attached hydrogens (tertiary/aromatic N) is 1. The summed E-state index contributed by atoms with van der Waals surface area (Å²) in [5.41, 5.74) is 0. The van der Waals surface area contributed by atoms with Crippen molar-refractivity contribution < 1.29 is 37.5 Å². The van der Waals surface area contributed by atoms with Gasteiger partial charge in [-0.1, -0.05) is 0 Å². The first-order valence-corrected chi connectivity index (χ1v) is 1.77. The predicted octanol–water partition coefficient (Wildman–Crippen LogP) is 0.454. The molecule has 1 aliphatic heterocycles. The molecule has 0 aliphatic carbocycles. The second kappa shape index (κ2) is 3.33. The second-order valence-electron chi connectivity index (χ2n) is 1.08. The molecule has 1 aliphatic rings. The minimum absolute atomic E-state index is 0. The van der Waals surface area contributed by atoms with Gasteiger partial charge in [0.25, 0.3) is 0 Å². The van der Waals surface area contributed by atoms with Crippen LogP contribution in [0.2, 0.25) is 0 Å². The zero-order chi connectivity index (χ0) is 4.41. The van der Waals surface area contributed by atoms with Gasteiger partial charge in [-0.05, 0) is 6.08 Å². The van der Waals surface area contributed by atoms with Crippen LogP contribution >= 0.6 is 0 Å². The maximum Gasteiger partial charge on any atom is 0.0744 e. The monoisotopic (exact) mass is 171 g/mol. The van der Waals surface area contributed by atoms with E-state index in [1.54, 1.807) is 6.08 Å². The summed E-state index contributed by atoms with van der Waals surface area (Å²) < 4.78 is 0. The number of carbonyl (C=O) groups excluding carboxylic acids is 1. The molecule has 0 N–H and O–H groups in total. The van der Waals surface area contributed by atoms with Crippen molar-refractivity contribution in [1.82, 2.24) is 0 Å². The van der Waals surface area contributed by atoms with Crippen LogP contribution in [0.4, 0.5) is 0 Å². The van der Waals surface area contributed by atoms with Gasteiger partial charge in [0.15, 0.2) is 0 Å². The fourth-order valence-electron chi connectivity index (χ4n) is 0.349. The van der Waals surface area contributed by atoms with Gasteiger partial charge in [0.05, 0.1) is 5.91 Å². The van der Waals surface area contributed by atoms with E-state index in [9.17, 15) is 4.79 Å². The third-order valence-corrected chi connectivity index (χ3v) is 0.613. The van der Waals surface area contributed by atoms with Crippen molar-refractivity contribution in [2.24, 2.45) is 0 Å². The van der Waals surface area contributed by atoms with Crippen molar-refractivity contribution in [2.75, 3.05) is 6.54 Å². The van der Waals surface area contributed by atoms with Gasteiger partial charge in [0.2, 0.25) is 0 Å². The van der Waals surface area contributed by atoms with E-state index in [-0.39, 0.29) is 38.6 Å². The molecule has 0 fully saturated rings. The molecule has 0 atom stereocenters. The third-order valence-electron chi connectivity index (χ3n) is 0.613. The molecular weight excluding hydrogens is 167 g/mol. The Morgan fingerprint density at radius 1 is 1.71 bits per heavy atom. The maximum absolute atomic E-state index is 9.99. The van der Waals surface area contributed by atoms with Crippen LogP contribution in [0.25, 0.3) is 5.32 Å². The molecule has 0 spiro atoms. The standard InChI is InChI=1S/C4H5NO.Y/c6-4-2-1-3-5-4;/h1-2H,3H2,(H,5,6);/p-1. The molecular formula is C4H4NOY-. The first kappa shape index (κ1) is 7.31. The molecule has 7 heavy (non-hydrogen) atoms. The van der Waals surface area contributed by atoms with E-state index in [0.29, 0.717) is 6.54 Å². The molecule has 0 saturated heterocycles. The van der Waals surface area contributed by atoms with Crippen LogP contribution in [0, 0.1) is 0 Å². The number of hydrogen-bond donors (Lipinski definition) is 0. The van der Waals surface area contributed by atoms with Gasteiger partial charge in [0, 0.05) is 32.7 Å². The number of amides is 1. The van der Waals surface area contributed by atoms with Crippen LogP contribution in [0.5, 0.6) is 0 Å². The maximum atomic E-state index is 9.99. The molecule has 0 bridgehead atoms. The summed E-state index contributed by atoms with van der Waals surface area (Å²) >= 11 is 0. The zero-order valence-corrected chi connectivity index (χ0v) is 6.63. The summed E-state index contributed by atoms with van der Waals surface area (Å²) in [5.74, 6) is -0.102. The minimum Gasteiger partial charge on any atom is -0.647 e. The second-order valence-corrected chi connectivity index (χ2v) is 1.08. The predicted molar refractivity (Wildman–Crippen MR) is 22.4 cm³/mol. The van der Waals surface area contributed by atoms with E-state index in [1.807, 2.05) is 0 Å². The van der Waals surface area contributed by atoms with Crippen molar-refractivity contribution in [3.05, 3.63) is 17.5 Å². The molecule has 0 saturated carbocycles. The summed E-state index contributed by atoms with van der Waals surface area (Å²) in [7, 11) is 0. The molecule has 0 aromatic rings. The Hall–Kier alpha value is 0.314. The Bertz CT molecular complexity index is 99.9. The van der Waals surface area contributed by atoms with Crippen LogP contribution in [0.1, 0.15) is 0 Å². The Morgan fingerprint density at radius 3 is 2.57 bits per heavy atom. The quantitative estimate of drug-likeness (QED) is 0.520. The van der Waals surface area contributed by atoms with E-state index in [1.165, 1.54) is 6.08 Å². The van der Waals surface area contributed by atoms with E-state index in [2.05, 4.69) is 5.32 Å². The Kier molecular flexibility index (Phi) is 3.48. The average Bonchev–Trinajstić information content (AvgIpc) is 1.86. The minimum atomic E-state index is -0.102. The van der Waals surface area contributed by atoms with Gasteiger partial charge in [-0.15, -0.1) is 12.6 Å². The first-order valence-electron chi connectivity index (χ1n) is 1.77. The third kappa shape index (κ3) is 2.20. The number of hydrogen-bond acceptors (Lipinski definition) is 1. The van der Waals surface area contributed by atoms with Gasteiger partial charge in [0.1, 0.15) is 0 Å². The molecule has 2 nitrogen and oxygen atoms in total. The van der Waals surface area contributed by atoms with Gasteiger partial charge in [-0.2, -0.15) is 0 Å². The van der Waals surface area contributed by atoms with E-state index in [0.717, 1.165) is 0 Å². The topological polar surface area (TPSA) is 31.2 Å². The van der Waals surface area contributed by atoms with Crippen LogP contribution in [0.3, 0.4) is 0 Å². The van der Waals surface area contributed by atoms with Crippen molar-refractivity contribution in [3.8, 4) is 0 Å². The summed E-state index contributed by atoms with van der Waals surface area (Å²) in [4.78, 5) is 9.99. The molecule has 0 aromatic carbocycles. The van der Waals surface area contributed by atoms with E-state index >= 15 is 0 Å². The summed E-state index contributed by atoms with van der Waals surface area (Å²) in [6, 6.07) is 0. The molecule has 1 heterocycles. The van der Waals surface area contributed by atoms with Crippen molar-refractivity contribution in [3.63, 3.8) is 0 Å². The molecule has 1 rings (SSSR count). The first-order chi connectivity index (χ1) is 2.89. The Morgan fingerprint density at radius 2 is 2.43 bits per heavy atom. The smallest absolute Gasteiger partial charge is 0.0744 e. The van der Waals surface area contributed by atoms with Gasteiger partial charge < -0.3 is 10.1 Å². The molecule has 1 amide bonds. The van der Waals surface area contributed by atoms with Gasteiger partial charge in [-0.3, -0.25) is 0 Å². The van der Waals surface area contributed by atoms with Gasteiger partial charge in [-0.25, -0.2) is 0 Å². The van der Waals surface area contributed by atoms with Gasteiger partial charge >= 0.3 is 0 Å². The van der Waals surface area contributed by atoms with E-state index in [4.69, 9.17) is 0 Å². The molecule has 1 radical (unpaired) electrons. The summed E-state index contributed by atoms with van der Waals surface area (Å²) in [6.45, 7) is 0.582. The zero-order valence-electron chi connectivity index (χ0n) is 3.79. The molecule has 35 valence electrons. The number of rotatable bonds is 0. The number of carbonyl (C=O) groups is 1. The Labute approximate surface area is 67.2 Å². The summed E-state index contributed by atoms with van der Waals surface area (Å²) in [5, 5.41) is 3.49. The van der Waals surface area contributed by atoms with Crippen molar-refractivity contribution in [2.45, 2.75) is 0 Å². The van der Waals surface area contributed by atoms with Crippen LogP contribution in [-0.4, -0.2) is 12.5 Å². The van der Waals surface area contributed by atoms with Crippen molar-refractivity contribution in [1.29, 1.82) is 0 Å². The molecule has 0 unspecified atom stereocenters. The van der Waals surface area contributed by atoms with Crippen molar-refractivity contribution >= 4 is 5.91 Å². The normalized spacial score (nSPS) is 15.7. The van der Waals surface area contributed by atoms with E-state index < -0.39 is 0 Å². The SMILES string of the molecule is O=C1C=CC[N-]1.[Y]. The van der Waals surface area contributed by atoms with Crippen LogP contribution < -0.4 is 0 Å². The Balaban J connectivity index is 0.000000360. The average molecular weight is 171 g/mol. The summed E-state index contributed by atoms with van der Waals surface area (Å²) in [6.07, 6.45) is 3.21. The van der Waals surface area contributed by atoms with Crippen LogP contribution in [-0.2, 0) is 37.5 Å². The largest absolute Gasteiger partial charge is 0.647 e. The fraction of sp³-hybridized carbons (Fsp3) is 0.250. The molecule has 0 aromatic heterocycles. The molecule has 3 heteroatoms.